The summed E-state index contributed by atoms with van der Waals surface area (Å²) in [6, 6.07) is 9.18. The van der Waals surface area contributed by atoms with E-state index >= 15 is 0 Å². The van der Waals surface area contributed by atoms with E-state index in [-0.39, 0.29) is 11.8 Å². The van der Waals surface area contributed by atoms with Crippen molar-refractivity contribution in [3.63, 3.8) is 0 Å². The highest BCUT2D eigenvalue weighted by molar-refractivity contribution is 6.30. The minimum Gasteiger partial charge on any atom is -0.348 e. The first-order valence-corrected chi connectivity index (χ1v) is 8.88. The summed E-state index contributed by atoms with van der Waals surface area (Å²) < 4.78 is 0. The van der Waals surface area contributed by atoms with Crippen molar-refractivity contribution in [3.05, 3.63) is 70.1 Å². The van der Waals surface area contributed by atoms with Crippen LogP contribution in [0.15, 0.2) is 42.7 Å². The monoisotopic (exact) mass is 380 g/mol. The van der Waals surface area contributed by atoms with Gasteiger partial charge in [-0.25, -0.2) is 0 Å². The normalized spacial score (nSPS) is 12.9. The smallest absolute Gasteiger partial charge is 0.251 e. The first-order chi connectivity index (χ1) is 13.0. The Morgan fingerprint density at radius 1 is 1.33 bits per heavy atom. The van der Waals surface area contributed by atoms with Gasteiger partial charge in [0.2, 0.25) is 5.91 Å². The van der Waals surface area contributed by atoms with Crippen molar-refractivity contribution in [1.29, 1.82) is 0 Å². The molecule has 1 aromatic rings. The number of nitrogens with one attached hydrogen (secondary N) is 2. The lowest BCUT2D eigenvalue weighted by molar-refractivity contribution is -0.126. The Labute approximate surface area is 161 Å². The van der Waals surface area contributed by atoms with Gasteiger partial charge in [-0.1, -0.05) is 23.7 Å². The van der Waals surface area contributed by atoms with Gasteiger partial charge in [0.15, 0.2) is 0 Å². The minimum absolute atomic E-state index is 0.0911. The Balaban J connectivity index is 1.67. The summed E-state index contributed by atoms with van der Waals surface area (Å²) in [5.74, 6) is -0.288. The number of carbonyl (C=O) groups is 2. The van der Waals surface area contributed by atoms with Crippen molar-refractivity contribution in [2.75, 3.05) is 0 Å². The summed E-state index contributed by atoms with van der Waals surface area (Å²) in [6.07, 6.45) is 5.21. The van der Waals surface area contributed by atoms with Crippen LogP contribution in [0, 0.1) is 0 Å². The molecule has 6 nitrogen and oxygen atoms in total. The first kappa shape index (κ1) is 17.3. The summed E-state index contributed by atoms with van der Waals surface area (Å²) in [6.45, 7) is 2.20. The quantitative estimate of drug-likeness (QED) is 0.730. The van der Waals surface area contributed by atoms with Crippen LogP contribution >= 0.6 is 11.6 Å². The summed E-state index contributed by atoms with van der Waals surface area (Å²) in [4.78, 5) is 26.4. The van der Waals surface area contributed by atoms with E-state index in [2.05, 4.69) is 15.5 Å². The zero-order chi connectivity index (χ0) is 19.0. The minimum atomic E-state index is -0.197. The zero-order valence-corrected chi connectivity index (χ0v) is 15.4. The fourth-order valence-electron chi connectivity index (χ4n) is 3.29. The number of benzene rings is 1. The molecule has 0 aromatic heterocycles. The number of hydrogen-bond acceptors (Lipinski definition) is 3. The van der Waals surface area contributed by atoms with Gasteiger partial charge in [-0.3, -0.25) is 14.7 Å². The van der Waals surface area contributed by atoms with Crippen LogP contribution in [0.2, 0.25) is 5.02 Å². The third kappa shape index (κ3) is 3.31. The van der Waals surface area contributed by atoms with Crippen molar-refractivity contribution < 1.29 is 9.59 Å². The van der Waals surface area contributed by atoms with Gasteiger partial charge < -0.3 is 10.2 Å². The number of H-pyrrole nitrogens is 1. The second-order valence-corrected chi connectivity index (χ2v) is 6.86. The van der Waals surface area contributed by atoms with E-state index in [0.717, 1.165) is 27.9 Å². The molecule has 0 saturated heterocycles. The topological polar surface area (TPSA) is 78.1 Å². The van der Waals surface area contributed by atoms with Crippen molar-refractivity contribution >= 4 is 29.5 Å². The van der Waals surface area contributed by atoms with Crippen molar-refractivity contribution in [2.24, 2.45) is 0 Å². The number of nitrogens with zero attached hydrogens (tertiary/aromatic N) is 2. The van der Waals surface area contributed by atoms with Gasteiger partial charge in [-0.2, -0.15) is 5.10 Å². The van der Waals surface area contributed by atoms with Crippen LogP contribution in [0.1, 0.15) is 34.1 Å². The van der Waals surface area contributed by atoms with E-state index in [9.17, 15) is 9.59 Å². The molecule has 7 heteroatoms. The molecule has 0 fully saturated rings. The molecule has 2 N–H and O–H groups in total. The highest BCUT2D eigenvalue weighted by Gasteiger charge is 2.26. The molecule has 136 valence electrons. The highest BCUT2D eigenvalue weighted by Crippen LogP contribution is 2.36. The van der Waals surface area contributed by atoms with Gasteiger partial charge in [0.05, 0.1) is 18.4 Å². The van der Waals surface area contributed by atoms with Gasteiger partial charge in [0.1, 0.15) is 0 Å². The average Bonchev–Trinajstić information content (AvgIpc) is 2.89. The molecular weight excluding hydrogens is 364 g/mol. The number of aromatic nitrogens is 2. The molecule has 0 atom stereocenters. The van der Waals surface area contributed by atoms with Crippen LogP contribution in [-0.4, -0.2) is 26.9 Å². The molecule has 2 aliphatic heterocycles. The Morgan fingerprint density at radius 3 is 2.96 bits per heavy atom. The standard InChI is InChI=1S/C20H17ClN4O2/c1-12(26)25-6-5-18-19-14(10-23-24-18)8-16(17(19)11-25)20(27)22-9-13-3-2-4-15(21)7-13/h2-8,10,24H,9,11H2,1H3,(H,22,27). The fraction of sp³-hybridized carbons (Fsp3) is 0.150. The van der Waals surface area contributed by atoms with E-state index in [1.807, 2.05) is 24.3 Å². The Hall–Kier alpha value is -3.12. The summed E-state index contributed by atoms with van der Waals surface area (Å²) in [7, 11) is 0. The van der Waals surface area contributed by atoms with Gasteiger partial charge in [-0.05, 0) is 35.4 Å². The largest absolute Gasteiger partial charge is 0.348 e. The molecule has 0 bridgehead atoms. The molecule has 27 heavy (non-hydrogen) atoms. The maximum absolute atomic E-state index is 12.9. The maximum Gasteiger partial charge on any atom is 0.251 e. The number of halogens is 1. The predicted molar refractivity (Wildman–Crippen MR) is 103 cm³/mol. The van der Waals surface area contributed by atoms with Gasteiger partial charge in [-0.15, -0.1) is 0 Å². The van der Waals surface area contributed by atoms with E-state index in [0.29, 0.717) is 23.7 Å². The number of hydrogen-bond donors (Lipinski definition) is 2. The number of amides is 2. The van der Waals surface area contributed by atoms with E-state index in [1.165, 1.54) is 6.92 Å². The van der Waals surface area contributed by atoms with Crippen LogP contribution < -0.4 is 5.32 Å². The highest BCUT2D eigenvalue weighted by atomic mass is 35.5. The molecule has 1 aromatic carbocycles. The van der Waals surface area contributed by atoms with Crippen LogP contribution in [0.5, 0.6) is 0 Å². The second kappa shape index (κ2) is 6.89. The molecule has 0 unspecified atom stereocenters. The zero-order valence-electron chi connectivity index (χ0n) is 14.6. The lowest BCUT2D eigenvalue weighted by Gasteiger charge is -2.16. The Bertz CT molecular complexity index is 1040. The Kier molecular flexibility index (Phi) is 4.41. The number of aromatic amines is 1. The Morgan fingerprint density at radius 2 is 2.19 bits per heavy atom. The second-order valence-electron chi connectivity index (χ2n) is 6.43. The van der Waals surface area contributed by atoms with Crippen molar-refractivity contribution in [3.8, 4) is 11.1 Å². The molecule has 2 amide bonds. The van der Waals surface area contributed by atoms with Crippen molar-refractivity contribution in [1.82, 2.24) is 20.4 Å². The van der Waals surface area contributed by atoms with Gasteiger partial charge in [0, 0.05) is 41.4 Å². The third-order valence-corrected chi connectivity index (χ3v) is 4.85. The fourth-order valence-corrected chi connectivity index (χ4v) is 3.50. The summed E-state index contributed by atoms with van der Waals surface area (Å²) in [5.41, 5.74) is 4.83. The lowest BCUT2D eigenvalue weighted by Crippen LogP contribution is -2.26. The SMILES string of the molecule is CC(=O)N1C=Cc2[nH]ncc3cc(C(=O)NCc4cccc(Cl)c4)c(c2-3)C1. The number of carbonyl (C=O) groups excluding carboxylic acids is 2. The maximum atomic E-state index is 12.9. The van der Waals surface area contributed by atoms with Gasteiger partial charge in [0.25, 0.3) is 5.91 Å². The lowest BCUT2D eigenvalue weighted by atomic mass is 10.1. The van der Waals surface area contributed by atoms with Crippen LogP contribution in [0.3, 0.4) is 0 Å². The predicted octanol–water partition coefficient (Wildman–Crippen LogP) is 3.43. The summed E-state index contributed by atoms with van der Waals surface area (Å²) in [5, 5.41) is 10.6. The molecule has 0 saturated carbocycles. The van der Waals surface area contributed by atoms with Crippen LogP contribution in [0.25, 0.3) is 17.2 Å². The molecular formula is C20H17ClN4O2. The molecule has 1 aliphatic carbocycles. The first-order valence-electron chi connectivity index (χ1n) is 8.50. The van der Waals surface area contributed by atoms with E-state index < -0.39 is 0 Å². The van der Waals surface area contributed by atoms with Crippen LogP contribution in [0.4, 0.5) is 0 Å². The molecule has 3 aliphatic rings. The molecule has 2 heterocycles. The molecule has 0 spiro atoms. The van der Waals surface area contributed by atoms with Crippen LogP contribution in [-0.2, 0) is 17.9 Å². The van der Waals surface area contributed by atoms with Gasteiger partial charge >= 0.3 is 0 Å². The average molecular weight is 381 g/mol. The molecule has 0 radical (unpaired) electrons. The van der Waals surface area contributed by atoms with E-state index in [1.54, 1.807) is 29.4 Å². The summed E-state index contributed by atoms with van der Waals surface area (Å²) >= 11 is 6.00. The van der Waals surface area contributed by atoms with Crippen molar-refractivity contribution in [2.45, 2.75) is 20.0 Å². The molecule has 4 rings (SSSR count). The third-order valence-electron chi connectivity index (χ3n) is 4.61. The number of rotatable bonds is 3. The van der Waals surface area contributed by atoms with E-state index in [4.69, 9.17) is 11.6 Å².